The van der Waals surface area contributed by atoms with Crippen LogP contribution >= 0.6 is 11.6 Å². The average Bonchev–Trinajstić information content (AvgIpc) is 2.52. The SMILES string of the molecule is CN(CCC1CCC(C(C)(C)N)CC1)S(=O)(=O)c1ccc(Cl)cc1. The molecule has 1 aromatic rings. The Morgan fingerprint density at radius 1 is 1.17 bits per heavy atom. The van der Waals surface area contributed by atoms with Gasteiger partial charge in [0.25, 0.3) is 0 Å². The summed E-state index contributed by atoms with van der Waals surface area (Å²) in [5.41, 5.74) is 6.10. The van der Waals surface area contributed by atoms with Crippen molar-refractivity contribution in [1.29, 1.82) is 0 Å². The maximum absolute atomic E-state index is 12.6. The van der Waals surface area contributed by atoms with Crippen LogP contribution in [-0.4, -0.2) is 31.9 Å². The van der Waals surface area contributed by atoms with E-state index in [4.69, 9.17) is 17.3 Å². The molecule has 0 aromatic heterocycles. The number of nitrogens with two attached hydrogens (primary N) is 1. The Balaban J connectivity index is 1.87. The van der Waals surface area contributed by atoms with Crippen LogP contribution in [0, 0.1) is 11.8 Å². The minimum atomic E-state index is -3.44. The molecule has 0 aliphatic heterocycles. The van der Waals surface area contributed by atoms with Crippen LogP contribution in [0.2, 0.25) is 5.02 Å². The van der Waals surface area contributed by atoms with E-state index in [2.05, 4.69) is 13.8 Å². The summed E-state index contributed by atoms with van der Waals surface area (Å²) in [6, 6.07) is 6.33. The third-order valence-electron chi connectivity index (χ3n) is 5.27. The zero-order valence-corrected chi connectivity index (χ0v) is 16.4. The predicted octanol–water partition coefficient (Wildman–Crippen LogP) is 3.89. The number of sulfonamides is 1. The third kappa shape index (κ3) is 4.94. The molecule has 0 heterocycles. The minimum Gasteiger partial charge on any atom is -0.325 e. The highest BCUT2D eigenvalue weighted by Gasteiger charge is 2.30. The first-order chi connectivity index (χ1) is 11.1. The first-order valence-corrected chi connectivity index (χ1v) is 10.4. The van der Waals surface area contributed by atoms with Gasteiger partial charge in [0.15, 0.2) is 0 Å². The lowest BCUT2D eigenvalue weighted by atomic mass is 9.73. The Labute approximate surface area is 151 Å². The number of rotatable bonds is 6. The number of hydrogen-bond acceptors (Lipinski definition) is 3. The maximum atomic E-state index is 12.6. The van der Waals surface area contributed by atoms with Crippen LogP contribution < -0.4 is 5.73 Å². The fourth-order valence-corrected chi connectivity index (χ4v) is 4.78. The zero-order chi connectivity index (χ0) is 18.0. The monoisotopic (exact) mass is 372 g/mol. The van der Waals surface area contributed by atoms with E-state index in [0.717, 1.165) is 32.1 Å². The Kier molecular flexibility index (Phi) is 6.35. The van der Waals surface area contributed by atoms with Gasteiger partial charge in [-0.15, -0.1) is 0 Å². The van der Waals surface area contributed by atoms with Gasteiger partial charge in [0, 0.05) is 24.2 Å². The van der Waals surface area contributed by atoms with Gasteiger partial charge in [-0.1, -0.05) is 24.4 Å². The summed E-state index contributed by atoms with van der Waals surface area (Å²) in [5.74, 6) is 1.16. The maximum Gasteiger partial charge on any atom is 0.242 e. The van der Waals surface area contributed by atoms with Crippen LogP contribution in [0.1, 0.15) is 46.0 Å². The lowest BCUT2D eigenvalue weighted by molar-refractivity contribution is 0.188. The second-order valence-corrected chi connectivity index (χ2v) is 10.1. The topological polar surface area (TPSA) is 63.4 Å². The van der Waals surface area contributed by atoms with Gasteiger partial charge >= 0.3 is 0 Å². The average molecular weight is 373 g/mol. The number of benzene rings is 1. The molecule has 2 N–H and O–H groups in total. The standard InChI is InChI=1S/C18H29ClN2O2S/c1-18(2,20)15-6-4-14(5-7-15)12-13-21(3)24(22,23)17-10-8-16(19)9-11-17/h8-11,14-15H,4-7,12-13,20H2,1-3H3. The Bertz CT molecular complexity index is 630. The highest BCUT2D eigenvalue weighted by atomic mass is 35.5. The van der Waals surface area contributed by atoms with Crippen molar-refractivity contribution in [3.05, 3.63) is 29.3 Å². The van der Waals surface area contributed by atoms with Gasteiger partial charge in [-0.05, 0) is 69.2 Å². The Morgan fingerprint density at radius 2 is 1.71 bits per heavy atom. The molecule has 4 nitrogen and oxygen atoms in total. The van der Waals surface area contributed by atoms with Gasteiger partial charge < -0.3 is 5.73 Å². The van der Waals surface area contributed by atoms with E-state index in [1.807, 2.05) is 0 Å². The molecule has 0 saturated heterocycles. The van der Waals surface area contributed by atoms with Crippen molar-refractivity contribution in [1.82, 2.24) is 4.31 Å². The number of nitrogens with zero attached hydrogens (tertiary/aromatic N) is 1. The summed E-state index contributed by atoms with van der Waals surface area (Å²) in [7, 11) is -1.78. The molecular formula is C18H29ClN2O2S. The highest BCUT2D eigenvalue weighted by molar-refractivity contribution is 7.89. The Hall–Kier alpha value is -0.620. The van der Waals surface area contributed by atoms with Crippen molar-refractivity contribution >= 4 is 21.6 Å². The zero-order valence-electron chi connectivity index (χ0n) is 14.8. The van der Waals surface area contributed by atoms with Crippen LogP contribution in [0.5, 0.6) is 0 Å². The number of hydrogen-bond donors (Lipinski definition) is 1. The molecule has 24 heavy (non-hydrogen) atoms. The molecule has 1 fully saturated rings. The first kappa shape index (κ1) is 19.7. The van der Waals surface area contributed by atoms with Gasteiger partial charge in [0.05, 0.1) is 4.90 Å². The van der Waals surface area contributed by atoms with Crippen LogP contribution in [0.25, 0.3) is 0 Å². The van der Waals surface area contributed by atoms with E-state index in [1.165, 1.54) is 4.31 Å². The minimum absolute atomic E-state index is 0.111. The number of halogens is 1. The van der Waals surface area contributed by atoms with Gasteiger partial charge in [0.1, 0.15) is 0 Å². The molecule has 0 bridgehead atoms. The fraction of sp³-hybridized carbons (Fsp3) is 0.667. The van der Waals surface area contributed by atoms with E-state index in [0.29, 0.717) is 28.3 Å². The third-order valence-corrected chi connectivity index (χ3v) is 7.40. The quantitative estimate of drug-likeness (QED) is 0.823. The van der Waals surface area contributed by atoms with Crippen molar-refractivity contribution in [2.45, 2.75) is 56.4 Å². The molecule has 0 unspecified atom stereocenters. The van der Waals surface area contributed by atoms with Crippen molar-refractivity contribution < 1.29 is 8.42 Å². The van der Waals surface area contributed by atoms with Gasteiger partial charge in [-0.3, -0.25) is 0 Å². The van der Waals surface area contributed by atoms with Crippen LogP contribution in [0.3, 0.4) is 0 Å². The highest BCUT2D eigenvalue weighted by Crippen LogP contribution is 2.35. The van der Waals surface area contributed by atoms with Crippen molar-refractivity contribution in [3.8, 4) is 0 Å². The molecule has 6 heteroatoms. The fourth-order valence-electron chi connectivity index (χ4n) is 3.47. The molecule has 0 atom stereocenters. The van der Waals surface area contributed by atoms with Crippen molar-refractivity contribution in [2.24, 2.45) is 17.6 Å². The lowest BCUT2D eigenvalue weighted by Crippen LogP contribution is -2.42. The summed E-state index contributed by atoms with van der Waals surface area (Å²) in [5, 5.41) is 0.538. The van der Waals surface area contributed by atoms with E-state index in [1.54, 1.807) is 31.3 Å². The van der Waals surface area contributed by atoms with Crippen molar-refractivity contribution in [3.63, 3.8) is 0 Å². The molecule has 1 saturated carbocycles. The van der Waals surface area contributed by atoms with E-state index in [9.17, 15) is 8.42 Å². The first-order valence-electron chi connectivity index (χ1n) is 8.61. The van der Waals surface area contributed by atoms with Crippen LogP contribution in [-0.2, 0) is 10.0 Å². The Morgan fingerprint density at radius 3 is 2.21 bits per heavy atom. The summed E-state index contributed by atoms with van der Waals surface area (Å²) < 4.78 is 26.6. The summed E-state index contributed by atoms with van der Waals surface area (Å²) >= 11 is 5.83. The molecule has 0 spiro atoms. The predicted molar refractivity (Wildman–Crippen MR) is 99.6 cm³/mol. The smallest absolute Gasteiger partial charge is 0.242 e. The summed E-state index contributed by atoms with van der Waals surface area (Å²) in [6.45, 7) is 4.75. The largest absolute Gasteiger partial charge is 0.325 e. The molecule has 1 aliphatic carbocycles. The van der Waals surface area contributed by atoms with E-state index >= 15 is 0 Å². The molecular weight excluding hydrogens is 344 g/mol. The second-order valence-electron chi connectivity index (χ2n) is 7.61. The normalized spacial score (nSPS) is 22.8. The van der Waals surface area contributed by atoms with E-state index < -0.39 is 10.0 Å². The van der Waals surface area contributed by atoms with Crippen LogP contribution in [0.15, 0.2) is 29.2 Å². The molecule has 1 aliphatic rings. The molecule has 0 amide bonds. The second kappa shape index (κ2) is 7.73. The molecule has 136 valence electrons. The lowest BCUT2D eigenvalue weighted by Gasteiger charge is -2.37. The van der Waals surface area contributed by atoms with E-state index in [-0.39, 0.29) is 5.54 Å². The van der Waals surface area contributed by atoms with Gasteiger partial charge in [0.2, 0.25) is 10.0 Å². The molecule has 2 rings (SSSR count). The van der Waals surface area contributed by atoms with Gasteiger partial charge in [-0.2, -0.15) is 0 Å². The summed E-state index contributed by atoms with van der Waals surface area (Å²) in [6.07, 6.45) is 5.46. The molecule has 1 aromatic carbocycles. The van der Waals surface area contributed by atoms with Crippen molar-refractivity contribution in [2.75, 3.05) is 13.6 Å². The summed E-state index contributed by atoms with van der Waals surface area (Å²) in [4.78, 5) is 0.294. The van der Waals surface area contributed by atoms with Crippen LogP contribution in [0.4, 0.5) is 0 Å². The molecule has 0 radical (unpaired) electrons. The van der Waals surface area contributed by atoms with Gasteiger partial charge in [-0.25, -0.2) is 12.7 Å².